The topological polar surface area (TPSA) is 96.0 Å². The number of anilines is 1. The highest BCUT2D eigenvalue weighted by Gasteiger charge is 2.28. The van der Waals surface area contributed by atoms with Crippen molar-refractivity contribution in [3.05, 3.63) is 77.8 Å². The number of nitrogens with one attached hydrogen (secondary N) is 2. The predicted molar refractivity (Wildman–Crippen MR) is 149 cm³/mol. The summed E-state index contributed by atoms with van der Waals surface area (Å²) in [6.45, 7) is 6.72. The minimum Gasteiger partial charge on any atom is -0.481 e. The summed E-state index contributed by atoms with van der Waals surface area (Å²) in [5.74, 6) is -0.151. The largest absolute Gasteiger partial charge is 0.481 e. The number of halogens is 1. The van der Waals surface area contributed by atoms with Gasteiger partial charge in [-0.05, 0) is 56.9 Å². The van der Waals surface area contributed by atoms with Crippen LogP contribution in [0.25, 0.3) is 22.4 Å². The van der Waals surface area contributed by atoms with E-state index in [4.69, 9.17) is 9.72 Å². The van der Waals surface area contributed by atoms with Crippen molar-refractivity contribution in [1.29, 1.82) is 0 Å². The minimum atomic E-state index is -0.654. The van der Waals surface area contributed by atoms with Crippen LogP contribution in [-0.2, 0) is 11.2 Å². The van der Waals surface area contributed by atoms with Crippen molar-refractivity contribution in [2.45, 2.75) is 45.6 Å². The number of amides is 1. The number of ether oxygens (including phenoxy) is 1. The number of aromatic amines is 1. The van der Waals surface area contributed by atoms with Crippen molar-refractivity contribution in [2.75, 3.05) is 25.5 Å². The number of imidazole rings is 1. The lowest BCUT2D eigenvalue weighted by Gasteiger charge is -2.33. The lowest BCUT2D eigenvalue weighted by molar-refractivity contribution is -0.132. The molecule has 1 aliphatic rings. The molecule has 202 valence electrons. The number of benzene rings is 1. The molecule has 0 saturated heterocycles. The van der Waals surface area contributed by atoms with Gasteiger partial charge in [0.1, 0.15) is 11.6 Å². The van der Waals surface area contributed by atoms with Crippen LogP contribution in [0.5, 0.6) is 5.88 Å². The van der Waals surface area contributed by atoms with Crippen molar-refractivity contribution in [3.63, 3.8) is 0 Å². The second kappa shape index (κ2) is 11.2. The number of rotatable bonds is 8. The first-order chi connectivity index (χ1) is 18.9. The number of hydrogen-bond acceptors (Lipinski definition) is 6. The Morgan fingerprint density at radius 3 is 2.79 bits per heavy atom. The second-order valence-corrected chi connectivity index (χ2v) is 9.90. The second-order valence-electron chi connectivity index (χ2n) is 9.90. The highest BCUT2D eigenvalue weighted by atomic mass is 19.1. The zero-order valence-corrected chi connectivity index (χ0v) is 22.7. The molecule has 0 fully saturated rings. The van der Waals surface area contributed by atoms with E-state index >= 15 is 0 Å². The first-order valence-corrected chi connectivity index (χ1v) is 13.2. The summed E-state index contributed by atoms with van der Waals surface area (Å²) >= 11 is 0. The average Bonchev–Trinajstić information content (AvgIpc) is 3.50. The number of aryl methyl sites for hydroxylation is 2. The van der Waals surface area contributed by atoms with Crippen LogP contribution in [0.15, 0.2) is 55.1 Å². The standard InChI is InChI=1S/C30H33FN6O2/c1-5-37(30(38)18(2)24-13-28(39-4)33-14-26(24)31)16-23-10-9-22-12-25(19(3)35-29(22)36-23)20-7-6-8-21(11-20)27-15-32-17-34-27/h6-8,11-15,17-18,23H,5,9-10,16H2,1-4H3,(H,32,34)(H,35,36)/t18-,23-/m1/s1. The van der Waals surface area contributed by atoms with Crippen LogP contribution in [0, 0.1) is 12.7 Å². The van der Waals surface area contributed by atoms with Crippen LogP contribution in [-0.4, -0.2) is 57.0 Å². The fourth-order valence-corrected chi connectivity index (χ4v) is 5.18. The number of nitrogens with zero attached hydrogens (tertiary/aromatic N) is 4. The number of likely N-dealkylation sites (N-methyl/N-ethyl adjacent to an activating group) is 1. The molecule has 4 aromatic rings. The number of methoxy groups -OCH3 is 1. The summed E-state index contributed by atoms with van der Waals surface area (Å²) in [6, 6.07) is 12.1. The van der Waals surface area contributed by atoms with Crippen molar-refractivity contribution in [1.82, 2.24) is 24.8 Å². The third-order valence-electron chi connectivity index (χ3n) is 7.42. The predicted octanol–water partition coefficient (Wildman–Crippen LogP) is 5.37. The molecule has 3 aromatic heterocycles. The van der Waals surface area contributed by atoms with Gasteiger partial charge in [0.15, 0.2) is 0 Å². The van der Waals surface area contributed by atoms with E-state index in [2.05, 4.69) is 44.5 Å². The molecule has 1 aliphatic heterocycles. The summed E-state index contributed by atoms with van der Waals surface area (Å²) in [5.41, 5.74) is 6.63. The maximum atomic E-state index is 14.5. The van der Waals surface area contributed by atoms with E-state index in [1.54, 1.807) is 18.2 Å². The molecule has 8 nitrogen and oxygen atoms in total. The van der Waals surface area contributed by atoms with Gasteiger partial charge >= 0.3 is 0 Å². The maximum Gasteiger partial charge on any atom is 0.230 e. The molecular formula is C30H33FN6O2. The molecule has 39 heavy (non-hydrogen) atoms. The molecular weight excluding hydrogens is 495 g/mol. The monoisotopic (exact) mass is 528 g/mol. The van der Waals surface area contributed by atoms with Crippen molar-refractivity contribution >= 4 is 11.7 Å². The number of carbonyl (C=O) groups is 1. The van der Waals surface area contributed by atoms with E-state index in [0.29, 0.717) is 13.1 Å². The van der Waals surface area contributed by atoms with Crippen LogP contribution < -0.4 is 10.1 Å². The van der Waals surface area contributed by atoms with Crippen molar-refractivity contribution < 1.29 is 13.9 Å². The molecule has 0 radical (unpaired) electrons. The molecule has 0 spiro atoms. The lowest BCUT2D eigenvalue weighted by Crippen LogP contribution is -2.43. The minimum absolute atomic E-state index is 0.0480. The molecule has 0 saturated carbocycles. The molecule has 0 aliphatic carbocycles. The van der Waals surface area contributed by atoms with E-state index in [-0.39, 0.29) is 23.4 Å². The van der Waals surface area contributed by atoms with Gasteiger partial charge in [-0.15, -0.1) is 0 Å². The zero-order chi connectivity index (χ0) is 27.5. The van der Waals surface area contributed by atoms with Gasteiger partial charge < -0.3 is 19.9 Å². The first-order valence-electron chi connectivity index (χ1n) is 13.2. The highest BCUT2D eigenvalue weighted by molar-refractivity contribution is 5.83. The Morgan fingerprint density at radius 1 is 1.23 bits per heavy atom. The molecule has 4 heterocycles. The van der Waals surface area contributed by atoms with Crippen molar-refractivity contribution in [2.24, 2.45) is 0 Å². The molecule has 1 aromatic carbocycles. The number of aromatic nitrogens is 4. The van der Waals surface area contributed by atoms with E-state index in [1.165, 1.54) is 13.2 Å². The first kappa shape index (κ1) is 26.3. The molecule has 2 atom stereocenters. The van der Waals surface area contributed by atoms with E-state index in [1.807, 2.05) is 26.1 Å². The normalized spacial score (nSPS) is 15.3. The van der Waals surface area contributed by atoms with E-state index in [0.717, 1.165) is 58.5 Å². The van der Waals surface area contributed by atoms with Gasteiger partial charge in [0, 0.05) is 47.6 Å². The Morgan fingerprint density at radius 2 is 2.05 bits per heavy atom. The Bertz CT molecular complexity index is 1470. The van der Waals surface area contributed by atoms with Crippen LogP contribution >= 0.6 is 0 Å². The Balaban J connectivity index is 1.31. The summed E-state index contributed by atoms with van der Waals surface area (Å²) in [7, 11) is 1.47. The summed E-state index contributed by atoms with van der Waals surface area (Å²) in [4.78, 5) is 31.2. The number of fused-ring (bicyclic) bond motifs is 1. The number of carbonyl (C=O) groups excluding carboxylic acids is 1. The van der Waals surface area contributed by atoms with E-state index in [9.17, 15) is 9.18 Å². The van der Waals surface area contributed by atoms with Gasteiger partial charge in [-0.1, -0.05) is 18.2 Å². The van der Waals surface area contributed by atoms with Gasteiger partial charge in [0.25, 0.3) is 0 Å². The number of H-pyrrole nitrogens is 1. The molecule has 0 unspecified atom stereocenters. The summed E-state index contributed by atoms with van der Waals surface area (Å²) in [6.07, 6.45) is 6.31. The summed E-state index contributed by atoms with van der Waals surface area (Å²) in [5, 5.41) is 3.56. The van der Waals surface area contributed by atoms with Gasteiger partial charge in [-0.2, -0.15) is 0 Å². The molecule has 9 heteroatoms. The lowest BCUT2D eigenvalue weighted by atomic mass is 9.94. The molecule has 5 rings (SSSR count). The van der Waals surface area contributed by atoms with Gasteiger partial charge in [-0.25, -0.2) is 19.3 Å². The number of pyridine rings is 2. The Kier molecular flexibility index (Phi) is 7.58. The fraction of sp³-hybridized carbons (Fsp3) is 0.333. The van der Waals surface area contributed by atoms with Crippen LogP contribution in [0.4, 0.5) is 10.2 Å². The van der Waals surface area contributed by atoms with Crippen LogP contribution in [0.1, 0.15) is 43.0 Å². The number of hydrogen-bond donors (Lipinski definition) is 2. The van der Waals surface area contributed by atoms with Crippen molar-refractivity contribution in [3.8, 4) is 28.3 Å². The van der Waals surface area contributed by atoms with Crippen LogP contribution in [0.2, 0.25) is 0 Å². The Hall–Kier alpha value is -4.27. The zero-order valence-electron chi connectivity index (χ0n) is 22.7. The molecule has 1 amide bonds. The SMILES string of the molecule is CCN(C[C@H]1CCc2cc(-c3cccc(-c4cnc[nH]4)c3)c(C)nc2N1)C(=O)[C@H](C)c1cc(OC)ncc1F. The van der Waals surface area contributed by atoms with Gasteiger partial charge in [0.05, 0.1) is 37.4 Å². The fourth-order valence-electron chi connectivity index (χ4n) is 5.18. The highest BCUT2D eigenvalue weighted by Crippen LogP contribution is 2.33. The average molecular weight is 529 g/mol. The quantitative estimate of drug-likeness (QED) is 0.319. The van der Waals surface area contributed by atoms with Gasteiger partial charge in [-0.3, -0.25) is 4.79 Å². The molecule has 0 bridgehead atoms. The molecule has 2 N–H and O–H groups in total. The third-order valence-corrected chi connectivity index (χ3v) is 7.42. The smallest absolute Gasteiger partial charge is 0.230 e. The third kappa shape index (κ3) is 5.48. The van der Waals surface area contributed by atoms with Gasteiger partial charge in [0.2, 0.25) is 11.8 Å². The van der Waals surface area contributed by atoms with E-state index < -0.39 is 11.7 Å². The maximum absolute atomic E-state index is 14.5. The summed E-state index contributed by atoms with van der Waals surface area (Å²) < 4.78 is 19.6. The van der Waals surface area contributed by atoms with Crippen LogP contribution in [0.3, 0.4) is 0 Å². The Labute approximate surface area is 227 Å².